The highest BCUT2D eigenvalue weighted by molar-refractivity contribution is 5.90. The van der Waals surface area contributed by atoms with Gasteiger partial charge >= 0.3 is 5.97 Å². The van der Waals surface area contributed by atoms with E-state index in [1.807, 2.05) is 26.0 Å². The Bertz CT molecular complexity index is 491. The number of piperidine rings is 1. The Hall–Kier alpha value is -1.35. The van der Waals surface area contributed by atoms with Crippen LogP contribution < -0.4 is 0 Å². The summed E-state index contributed by atoms with van der Waals surface area (Å²) in [6.07, 6.45) is 4.57. The quantitative estimate of drug-likeness (QED) is 0.776. The number of nitrogens with zero attached hydrogens (tertiary/aromatic N) is 1. The highest BCUT2D eigenvalue weighted by Gasteiger charge is 2.39. The summed E-state index contributed by atoms with van der Waals surface area (Å²) in [6, 6.07) is 7.11. The predicted octanol–water partition coefficient (Wildman–Crippen LogP) is 3.09. The first-order chi connectivity index (χ1) is 9.52. The zero-order valence-corrected chi connectivity index (χ0v) is 12.6. The molecule has 108 valence electrons. The Morgan fingerprint density at radius 3 is 2.20 bits per heavy atom. The number of esters is 1. The molecule has 2 fully saturated rings. The molecule has 1 aromatic carbocycles. The molecule has 2 aliphatic rings. The highest BCUT2D eigenvalue weighted by Crippen LogP contribution is 2.35. The zero-order chi connectivity index (χ0) is 14.3. The normalized spacial score (nSPS) is 29.4. The van der Waals surface area contributed by atoms with Gasteiger partial charge in [-0.15, -0.1) is 0 Å². The lowest BCUT2D eigenvalue weighted by Crippen LogP contribution is -2.43. The second kappa shape index (κ2) is 5.21. The van der Waals surface area contributed by atoms with Gasteiger partial charge in [-0.25, -0.2) is 4.79 Å². The Labute approximate surface area is 120 Å². The fraction of sp³-hybridized carbons (Fsp3) is 0.588. The summed E-state index contributed by atoms with van der Waals surface area (Å²) in [5.74, 6) is -0.161. The van der Waals surface area contributed by atoms with Crippen LogP contribution >= 0.6 is 0 Å². The molecule has 0 spiro atoms. The summed E-state index contributed by atoms with van der Waals surface area (Å²) < 4.78 is 5.75. The summed E-state index contributed by atoms with van der Waals surface area (Å²) >= 11 is 0. The van der Waals surface area contributed by atoms with E-state index in [9.17, 15) is 4.79 Å². The fourth-order valence-corrected chi connectivity index (χ4v) is 3.77. The lowest BCUT2D eigenvalue weighted by Gasteiger charge is -2.35. The Balaban J connectivity index is 1.67. The SMILES string of the molecule is Cc1cc(C)cc(C(=O)OC2C[C@@H]3CC[C@@H](C2)N3C)c1. The average Bonchev–Trinajstić information content (AvgIpc) is 2.61. The van der Waals surface area contributed by atoms with E-state index >= 15 is 0 Å². The van der Waals surface area contributed by atoms with Crippen molar-refractivity contribution >= 4 is 5.97 Å². The van der Waals surface area contributed by atoms with Crippen LogP contribution in [0, 0.1) is 13.8 Å². The van der Waals surface area contributed by atoms with Gasteiger partial charge in [0, 0.05) is 24.9 Å². The van der Waals surface area contributed by atoms with E-state index in [4.69, 9.17) is 4.74 Å². The van der Waals surface area contributed by atoms with Crippen LogP contribution in [0.25, 0.3) is 0 Å². The van der Waals surface area contributed by atoms with Gasteiger partial charge in [0.1, 0.15) is 6.10 Å². The van der Waals surface area contributed by atoms with Crippen molar-refractivity contribution < 1.29 is 9.53 Å². The first kappa shape index (κ1) is 13.6. The van der Waals surface area contributed by atoms with E-state index in [-0.39, 0.29) is 12.1 Å². The third-order valence-electron chi connectivity index (χ3n) is 4.79. The standard InChI is InChI=1S/C17H23NO2/c1-11-6-12(2)8-13(7-11)17(19)20-16-9-14-4-5-15(10-16)18(14)3/h6-8,14-16H,4-5,9-10H2,1-3H3/t14-,15-/m0/s1. The van der Waals surface area contributed by atoms with Crippen molar-refractivity contribution in [3.63, 3.8) is 0 Å². The van der Waals surface area contributed by atoms with Crippen LogP contribution in [0.3, 0.4) is 0 Å². The molecule has 0 radical (unpaired) electrons. The van der Waals surface area contributed by atoms with Crippen LogP contribution in [-0.2, 0) is 4.74 Å². The molecule has 2 bridgehead atoms. The van der Waals surface area contributed by atoms with Gasteiger partial charge in [-0.1, -0.05) is 17.2 Å². The maximum absolute atomic E-state index is 12.3. The van der Waals surface area contributed by atoms with Gasteiger partial charge in [-0.2, -0.15) is 0 Å². The third kappa shape index (κ3) is 2.59. The maximum Gasteiger partial charge on any atom is 0.338 e. The van der Waals surface area contributed by atoms with Crippen molar-refractivity contribution in [2.45, 2.75) is 57.7 Å². The lowest BCUT2D eigenvalue weighted by atomic mass is 10.0. The Morgan fingerprint density at radius 2 is 1.65 bits per heavy atom. The molecule has 0 aromatic heterocycles. The largest absolute Gasteiger partial charge is 0.459 e. The van der Waals surface area contributed by atoms with Crippen molar-refractivity contribution in [1.82, 2.24) is 4.90 Å². The maximum atomic E-state index is 12.3. The highest BCUT2D eigenvalue weighted by atomic mass is 16.5. The number of ether oxygens (including phenoxy) is 1. The van der Waals surface area contributed by atoms with Crippen molar-refractivity contribution in [2.24, 2.45) is 0 Å². The van der Waals surface area contributed by atoms with Crippen molar-refractivity contribution in [3.05, 3.63) is 34.9 Å². The number of aryl methyl sites for hydroxylation is 2. The summed E-state index contributed by atoms with van der Waals surface area (Å²) in [6.45, 7) is 4.03. The topological polar surface area (TPSA) is 29.5 Å². The van der Waals surface area contributed by atoms with Crippen LogP contribution in [0.1, 0.15) is 47.2 Å². The van der Waals surface area contributed by atoms with E-state index in [0.717, 1.165) is 24.0 Å². The van der Waals surface area contributed by atoms with Crippen LogP contribution in [0.4, 0.5) is 0 Å². The van der Waals surface area contributed by atoms with Gasteiger partial charge in [0.15, 0.2) is 0 Å². The number of rotatable bonds is 2. The zero-order valence-electron chi connectivity index (χ0n) is 12.6. The molecule has 20 heavy (non-hydrogen) atoms. The smallest absolute Gasteiger partial charge is 0.338 e. The minimum atomic E-state index is -0.161. The van der Waals surface area contributed by atoms with Crippen LogP contribution in [-0.4, -0.2) is 36.1 Å². The Kier molecular flexibility index (Phi) is 3.55. The second-order valence-electron chi connectivity index (χ2n) is 6.43. The summed E-state index contributed by atoms with van der Waals surface area (Å²) in [5, 5.41) is 0. The number of carbonyl (C=O) groups is 1. The molecular weight excluding hydrogens is 250 g/mol. The summed E-state index contributed by atoms with van der Waals surface area (Å²) in [4.78, 5) is 14.8. The lowest BCUT2D eigenvalue weighted by molar-refractivity contribution is -0.000465. The molecule has 3 rings (SSSR count). The average molecular weight is 273 g/mol. The molecule has 2 atom stereocenters. The summed E-state index contributed by atoms with van der Waals surface area (Å²) in [7, 11) is 2.20. The predicted molar refractivity (Wildman–Crippen MR) is 78.9 cm³/mol. The molecule has 0 aliphatic carbocycles. The van der Waals surface area contributed by atoms with Crippen molar-refractivity contribution in [2.75, 3.05) is 7.05 Å². The summed E-state index contributed by atoms with van der Waals surface area (Å²) in [5.41, 5.74) is 2.91. The monoisotopic (exact) mass is 273 g/mol. The van der Waals surface area contributed by atoms with Crippen molar-refractivity contribution in [1.29, 1.82) is 0 Å². The van der Waals surface area contributed by atoms with Crippen LogP contribution in [0.15, 0.2) is 18.2 Å². The number of carbonyl (C=O) groups excluding carboxylic acids is 1. The molecule has 0 amide bonds. The van der Waals surface area contributed by atoms with Gasteiger partial charge in [-0.05, 0) is 45.9 Å². The molecule has 2 saturated heterocycles. The van der Waals surface area contributed by atoms with Gasteiger partial charge in [0.05, 0.1) is 5.56 Å². The molecular formula is C17H23NO2. The minimum Gasteiger partial charge on any atom is -0.459 e. The molecule has 1 aromatic rings. The molecule has 3 heteroatoms. The molecule has 3 nitrogen and oxygen atoms in total. The molecule has 0 saturated carbocycles. The van der Waals surface area contributed by atoms with Gasteiger partial charge in [-0.3, -0.25) is 0 Å². The van der Waals surface area contributed by atoms with Crippen LogP contribution in [0.2, 0.25) is 0 Å². The van der Waals surface area contributed by atoms with E-state index in [0.29, 0.717) is 17.6 Å². The molecule has 0 unspecified atom stereocenters. The molecule has 0 N–H and O–H groups in total. The fourth-order valence-electron chi connectivity index (χ4n) is 3.77. The van der Waals surface area contributed by atoms with E-state index in [1.54, 1.807) is 0 Å². The number of benzene rings is 1. The first-order valence-electron chi connectivity index (χ1n) is 7.54. The van der Waals surface area contributed by atoms with E-state index in [1.165, 1.54) is 12.8 Å². The van der Waals surface area contributed by atoms with Crippen LogP contribution in [0.5, 0.6) is 0 Å². The van der Waals surface area contributed by atoms with Gasteiger partial charge in [0.2, 0.25) is 0 Å². The Morgan fingerprint density at radius 1 is 1.10 bits per heavy atom. The second-order valence-corrected chi connectivity index (χ2v) is 6.43. The molecule has 2 aliphatic heterocycles. The number of hydrogen-bond acceptors (Lipinski definition) is 3. The van der Waals surface area contributed by atoms with Gasteiger partial charge < -0.3 is 9.64 Å². The first-order valence-corrected chi connectivity index (χ1v) is 7.54. The minimum absolute atomic E-state index is 0.0945. The van der Waals surface area contributed by atoms with Gasteiger partial charge in [0.25, 0.3) is 0 Å². The number of hydrogen-bond donors (Lipinski definition) is 0. The number of fused-ring (bicyclic) bond motifs is 2. The van der Waals surface area contributed by atoms with E-state index < -0.39 is 0 Å². The van der Waals surface area contributed by atoms with E-state index in [2.05, 4.69) is 18.0 Å². The molecule has 2 heterocycles. The van der Waals surface area contributed by atoms with Crippen molar-refractivity contribution in [3.8, 4) is 0 Å². The third-order valence-corrected chi connectivity index (χ3v) is 4.79.